The van der Waals surface area contributed by atoms with E-state index >= 15 is 0 Å². The molecule has 2 aromatic rings. The van der Waals surface area contributed by atoms with E-state index in [-0.39, 0.29) is 17.1 Å². The molecule has 2 N–H and O–H groups in total. The molecule has 0 aromatic heterocycles. The minimum atomic E-state index is -1.16. The maximum Gasteiger partial charge on any atom is 0.323 e. The number of aliphatic carboxylic acids is 1. The third-order valence-corrected chi connectivity index (χ3v) is 3.98. The topological polar surface area (TPSA) is 86.7 Å². The van der Waals surface area contributed by atoms with Gasteiger partial charge in [-0.3, -0.25) is 19.3 Å². The van der Waals surface area contributed by atoms with Crippen molar-refractivity contribution in [2.75, 3.05) is 18.0 Å². The van der Waals surface area contributed by atoms with E-state index < -0.39 is 24.3 Å². The number of benzene rings is 2. The third-order valence-electron chi connectivity index (χ3n) is 3.24. The Hall–Kier alpha value is -2.57. The molecule has 6 nitrogen and oxygen atoms in total. The Bertz CT molecular complexity index is 796. The fourth-order valence-corrected chi connectivity index (χ4v) is 2.36. The first-order chi connectivity index (χ1) is 11.9. The van der Waals surface area contributed by atoms with Gasteiger partial charge in [0, 0.05) is 11.3 Å². The average Bonchev–Trinajstić information content (AvgIpc) is 2.60. The van der Waals surface area contributed by atoms with E-state index in [0.717, 1.165) is 4.90 Å². The van der Waals surface area contributed by atoms with Crippen molar-refractivity contribution in [3.63, 3.8) is 0 Å². The highest BCUT2D eigenvalue weighted by atomic mass is 35.5. The van der Waals surface area contributed by atoms with Crippen LogP contribution in [0.3, 0.4) is 0 Å². The van der Waals surface area contributed by atoms with Crippen molar-refractivity contribution in [2.24, 2.45) is 0 Å². The summed E-state index contributed by atoms with van der Waals surface area (Å²) in [7, 11) is 0. The number of carboxylic acids is 1. The standard InChI is InChI=1S/C17H14Cl2N2O4/c18-13-7-6-11(8-14(13)19)17(25)20-9-15(22)21(10-16(23)24)12-4-2-1-3-5-12/h1-8H,9-10H2,(H,20,25)(H,23,24). The zero-order chi connectivity index (χ0) is 18.4. The van der Waals surface area contributed by atoms with Gasteiger partial charge in [-0.15, -0.1) is 0 Å². The lowest BCUT2D eigenvalue weighted by Crippen LogP contribution is -2.42. The van der Waals surface area contributed by atoms with E-state index in [0.29, 0.717) is 10.7 Å². The van der Waals surface area contributed by atoms with Gasteiger partial charge < -0.3 is 10.4 Å². The quantitative estimate of drug-likeness (QED) is 0.806. The van der Waals surface area contributed by atoms with E-state index in [9.17, 15) is 14.4 Å². The number of nitrogens with zero attached hydrogens (tertiary/aromatic N) is 1. The van der Waals surface area contributed by atoms with E-state index in [1.165, 1.54) is 18.2 Å². The lowest BCUT2D eigenvalue weighted by Gasteiger charge is -2.21. The van der Waals surface area contributed by atoms with Gasteiger partial charge in [0.05, 0.1) is 16.6 Å². The molecule has 0 saturated carbocycles. The minimum Gasteiger partial charge on any atom is -0.480 e. The largest absolute Gasteiger partial charge is 0.480 e. The highest BCUT2D eigenvalue weighted by molar-refractivity contribution is 6.42. The van der Waals surface area contributed by atoms with Crippen LogP contribution in [0.25, 0.3) is 0 Å². The normalized spacial score (nSPS) is 10.2. The van der Waals surface area contributed by atoms with Crippen molar-refractivity contribution in [3.05, 3.63) is 64.1 Å². The molecule has 0 fully saturated rings. The van der Waals surface area contributed by atoms with Crippen LogP contribution in [0.4, 0.5) is 5.69 Å². The molecule has 8 heteroatoms. The monoisotopic (exact) mass is 380 g/mol. The van der Waals surface area contributed by atoms with E-state index in [1.54, 1.807) is 30.3 Å². The van der Waals surface area contributed by atoms with E-state index in [1.807, 2.05) is 0 Å². The van der Waals surface area contributed by atoms with E-state index in [2.05, 4.69) is 5.32 Å². The summed E-state index contributed by atoms with van der Waals surface area (Å²) in [4.78, 5) is 36.5. The second-order valence-electron chi connectivity index (χ2n) is 5.02. The summed E-state index contributed by atoms with van der Waals surface area (Å²) >= 11 is 11.6. The zero-order valence-electron chi connectivity index (χ0n) is 12.9. The third kappa shape index (κ3) is 5.20. The van der Waals surface area contributed by atoms with Gasteiger partial charge in [0.2, 0.25) is 5.91 Å². The van der Waals surface area contributed by atoms with Crippen molar-refractivity contribution < 1.29 is 19.5 Å². The molecule has 0 aliphatic rings. The second kappa shape index (κ2) is 8.50. The summed E-state index contributed by atoms with van der Waals surface area (Å²) < 4.78 is 0. The fraction of sp³-hybridized carbons (Fsp3) is 0.118. The highest BCUT2D eigenvalue weighted by Gasteiger charge is 2.19. The molecule has 2 aromatic carbocycles. The summed E-state index contributed by atoms with van der Waals surface area (Å²) in [6, 6.07) is 12.7. The number of carbonyl (C=O) groups is 3. The second-order valence-corrected chi connectivity index (χ2v) is 5.84. The molecule has 0 bridgehead atoms. The summed E-state index contributed by atoms with van der Waals surface area (Å²) in [6.45, 7) is -0.868. The molecule has 0 aliphatic carbocycles. The number of amides is 2. The Morgan fingerprint density at radius 3 is 2.28 bits per heavy atom. The molecule has 0 aliphatic heterocycles. The van der Waals surface area contributed by atoms with Crippen LogP contribution in [0.15, 0.2) is 48.5 Å². The summed E-state index contributed by atoms with van der Waals surface area (Å²) in [6.07, 6.45) is 0. The van der Waals surface area contributed by atoms with Gasteiger partial charge in [-0.2, -0.15) is 0 Å². The molecule has 25 heavy (non-hydrogen) atoms. The number of para-hydroxylation sites is 1. The first kappa shape index (κ1) is 18.8. The molecular weight excluding hydrogens is 367 g/mol. The Kier molecular flexibility index (Phi) is 6.38. The predicted molar refractivity (Wildman–Crippen MR) is 95.2 cm³/mol. The molecule has 0 radical (unpaired) electrons. The van der Waals surface area contributed by atoms with Crippen molar-refractivity contribution in [3.8, 4) is 0 Å². The van der Waals surface area contributed by atoms with Gasteiger partial charge in [-0.05, 0) is 30.3 Å². The first-order valence-electron chi connectivity index (χ1n) is 7.19. The van der Waals surface area contributed by atoms with Gasteiger partial charge in [0.25, 0.3) is 5.91 Å². The van der Waals surface area contributed by atoms with Crippen molar-refractivity contribution in [1.82, 2.24) is 5.32 Å². The number of carboxylic acid groups (broad SMARTS) is 1. The molecule has 0 saturated heterocycles. The average molecular weight is 381 g/mol. The van der Waals surface area contributed by atoms with Crippen LogP contribution >= 0.6 is 23.2 Å². The molecule has 2 amide bonds. The maximum atomic E-state index is 12.3. The van der Waals surface area contributed by atoms with Crippen molar-refractivity contribution >= 4 is 46.7 Å². The van der Waals surface area contributed by atoms with Crippen LogP contribution in [0.5, 0.6) is 0 Å². The van der Waals surface area contributed by atoms with Gasteiger partial charge in [-0.25, -0.2) is 0 Å². The van der Waals surface area contributed by atoms with Crippen molar-refractivity contribution in [1.29, 1.82) is 0 Å². The first-order valence-corrected chi connectivity index (χ1v) is 7.94. The molecule has 0 spiro atoms. The van der Waals surface area contributed by atoms with Crippen LogP contribution < -0.4 is 10.2 Å². The number of anilines is 1. The fourth-order valence-electron chi connectivity index (χ4n) is 2.06. The number of hydrogen-bond donors (Lipinski definition) is 2. The maximum absolute atomic E-state index is 12.3. The smallest absolute Gasteiger partial charge is 0.323 e. The number of hydrogen-bond acceptors (Lipinski definition) is 3. The lowest BCUT2D eigenvalue weighted by molar-refractivity contribution is -0.136. The minimum absolute atomic E-state index is 0.220. The highest BCUT2D eigenvalue weighted by Crippen LogP contribution is 2.22. The Morgan fingerprint density at radius 2 is 1.68 bits per heavy atom. The molecule has 0 unspecified atom stereocenters. The lowest BCUT2D eigenvalue weighted by atomic mass is 10.2. The number of halogens is 2. The number of rotatable bonds is 6. The summed E-state index contributed by atoms with van der Waals surface area (Å²) in [5.74, 6) is -2.23. The number of nitrogens with one attached hydrogen (secondary N) is 1. The Balaban J connectivity index is 2.06. The van der Waals surface area contributed by atoms with Crippen LogP contribution in [0, 0.1) is 0 Å². The van der Waals surface area contributed by atoms with Gasteiger partial charge in [-0.1, -0.05) is 41.4 Å². The molecule has 0 heterocycles. The molecule has 2 rings (SSSR count). The zero-order valence-corrected chi connectivity index (χ0v) is 14.4. The molecular formula is C17H14Cl2N2O4. The van der Waals surface area contributed by atoms with Gasteiger partial charge in [0.1, 0.15) is 6.54 Å². The number of carbonyl (C=O) groups excluding carboxylic acids is 2. The Labute approximate surface area is 154 Å². The van der Waals surface area contributed by atoms with Crippen LogP contribution in [-0.4, -0.2) is 36.0 Å². The van der Waals surface area contributed by atoms with Crippen LogP contribution in [-0.2, 0) is 9.59 Å². The summed E-state index contributed by atoms with van der Waals surface area (Å²) in [5, 5.41) is 12.0. The molecule has 0 atom stereocenters. The van der Waals surface area contributed by atoms with Gasteiger partial charge in [0.15, 0.2) is 0 Å². The van der Waals surface area contributed by atoms with Crippen LogP contribution in [0.2, 0.25) is 10.0 Å². The van der Waals surface area contributed by atoms with Gasteiger partial charge >= 0.3 is 5.97 Å². The summed E-state index contributed by atoms with van der Waals surface area (Å²) in [5.41, 5.74) is 0.672. The van der Waals surface area contributed by atoms with Crippen LogP contribution in [0.1, 0.15) is 10.4 Å². The SMILES string of the molecule is O=C(O)CN(C(=O)CNC(=O)c1ccc(Cl)c(Cl)c1)c1ccccc1. The van der Waals surface area contributed by atoms with E-state index in [4.69, 9.17) is 28.3 Å². The van der Waals surface area contributed by atoms with Crippen molar-refractivity contribution in [2.45, 2.75) is 0 Å². The molecule has 130 valence electrons. The Morgan fingerprint density at radius 1 is 1.00 bits per heavy atom. The predicted octanol–water partition coefficient (Wildman–Crippen LogP) is 2.84.